The fourth-order valence-corrected chi connectivity index (χ4v) is 2.35. The zero-order chi connectivity index (χ0) is 12.8. The van der Waals surface area contributed by atoms with Crippen molar-refractivity contribution in [2.24, 2.45) is 0 Å². The first kappa shape index (κ1) is 13.5. The van der Waals surface area contributed by atoms with Crippen LogP contribution in [0.25, 0.3) is 0 Å². The normalized spacial score (nSPS) is 12.6. The van der Waals surface area contributed by atoms with E-state index >= 15 is 0 Å². The summed E-state index contributed by atoms with van der Waals surface area (Å²) in [4.78, 5) is 4.23. The summed E-state index contributed by atoms with van der Waals surface area (Å²) in [7, 11) is 0. The maximum atomic E-state index is 5.78. The van der Waals surface area contributed by atoms with Crippen LogP contribution in [-0.4, -0.2) is 17.3 Å². The van der Waals surface area contributed by atoms with Crippen LogP contribution in [0.2, 0.25) is 5.02 Å². The Labute approximate surface area is 116 Å². The Bertz CT molecular complexity index is 458. The summed E-state index contributed by atoms with van der Waals surface area (Å²) in [5.74, 6) is 1.92. The molecular formula is C13H15ClN2OS. The van der Waals surface area contributed by atoms with Crippen molar-refractivity contribution in [1.82, 2.24) is 10.3 Å². The average molecular weight is 283 g/mol. The summed E-state index contributed by atoms with van der Waals surface area (Å²) in [6.45, 7) is 2.99. The zero-order valence-electron chi connectivity index (χ0n) is 10.1. The average Bonchev–Trinajstić information content (AvgIpc) is 2.90. The molecule has 0 aliphatic heterocycles. The molecule has 2 rings (SSSR count). The second kappa shape index (κ2) is 6.83. The van der Waals surface area contributed by atoms with Gasteiger partial charge in [-0.25, -0.2) is 4.98 Å². The van der Waals surface area contributed by atoms with Crippen LogP contribution in [0.1, 0.15) is 18.7 Å². The maximum absolute atomic E-state index is 5.78. The standard InChI is InChI=1S/C13H15ClN2OS/c1-10(12-3-2-7-17-12)15-6-8-18-13-5-4-11(14)9-16-13/h2-5,7,9-10,15H,6,8H2,1H3. The van der Waals surface area contributed by atoms with Crippen LogP contribution in [-0.2, 0) is 0 Å². The van der Waals surface area contributed by atoms with E-state index in [9.17, 15) is 0 Å². The highest BCUT2D eigenvalue weighted by Crippen LogP contribution is 2.17. The number of nitrogens with zero attached hydrogens (tertiary/aromatic N) is 1. The summed E-state index contributed by atoms with van der Waals surface area (Å²) < 4.78 is 5.33. The van der Waals surface area contributed by atoms with Gasteiger partial charge in [-0.05, 0) is 31.2 Å². The van der Waals surface area contributed by atoms with Crippen molar-refractivity contribution in [3.63, 3.8) is 0 Å². The van der Waals surface area contributed by atoms with Crippen LogP contribution in [0, 0.1) is 0 Å². The van der Waals surface area contributed by atoms with E-state index in [1.165, 1.54) is 0 Å². The molecule has 18 heavy (non-hydrogen) atoms. The summed E-state index contributed by atoms with van der Waals surface area (Å²) in [5, 5.41) is 5.06. The molecule has 0 bridgehead atoms. The third-order valence-electron chi connectivity index (χ3n) is 2.47. The monoisotopic (exact) mass is 282 g/mol. The molecule has 2 aromatic heterocycles. The quantitative estimate of drug-likeness (QED) is 0.646. The molecule has 0 spiro atoms. The van der Waals surface area contributed by atoms with Gasteiger partial charge in [-0.2, -0.15) is 0 Å². The zero-order valence-corrected chi connectivity index (χ0v) is 11.7. The van der Waals surface area contributed by atoms with Gasteiger partial charge in [0.1, 0.15) is 5.76 Å². The Morgan fingerprint density at radius 2 is 2.33 bits per heavy atom. The molecule has 1 atom stereocenters. The smallest absolute Gasteiger partial charge is 0.120 e. The summed E-state index contributed by atoms with van der Waals surface area (Å²) in [6, 6.07) is 7.91. The number of furan rings is 1. The Hall–Kier alpha value is -0.970. The highest BCUT2D eigenvalue weighted by atomic mass is 35.5. The summed E-state index contributed by atoms with van der Waals surface area (Å²) in [6.07, 6.45) is 3.36. The minimum atomic E-state index is 0.235. The fourth-order valence-electron chi connectivity index (χ4n) is 1.52. The predicted octanol–water partition coefficient (Wildman–Crippen LogP) is 3.77. The van der Waals surface area contributed by atoms with Crippen LogP contribution in [0.15, 0.2) is 46.2 Å². The van der Waals surface area contributed by atoms with Gasteiger partial charge >= 0.3 is 0 Å². The van der Waals surface area contributed by atoms with Crippen LogP contribution < -0.4 is 5.32 Å². The van der Waals surface area contributed by atoms with Crippen LogP contribution in [0.3, 0.4) is 0 Å². The van der Waals surface area contributed by atoms with Gasteiger partial charge in [-0.15, -0.1) is 11.8 Å². The van der Waals surface area contributed by atoms with Gasteiger partial charge in [0, 0.05) is 18.5 Å². The SMILES string of the molecule is CC(NCCSc1ccc(Cl)cn1)c1ccco1. The molecule has 1 unspecified atom stereocenters. The molecular weight excluding hydrogens is 268 g/mol. The first-order valence-corrected chi connectivity index (χ1v) is 7.13. The predicted molar refractivity (Wildman–Crippen MR) is 75.1 cm³/mol. The summed E-state index contributed by atoms with van der Waals surface area (Å²) in [5.41, 5.74) is 0. The van der Waals surface area contributed by atoms with E-state index in [0.717, 1.165) is 23.1 Å². The van der Waals surface area contributed by atoms with Gasteiger partial charge in [-0.1, -0.05) is 11.6 Å². The molecule has 2 heterocycles. The number of rotatable bonds is 6. The van der Waals surface area contributed by atoms with Crippen molar-refractivity contribution in [2.75, 3.05) is 12.3 Å². The highest BCUT2D eigenvalue weighted by Gasteiger charge is 2.06. The molecule has 5 heteroatoms. The second-order valence-corrected chi connectivity index (χ2v) is 5.41. The minimum Gasteiger partial charge on any atom is -0.468 e. The van der Waals surface area contributed by atoms with Crippen molar-refractivity contribution >= 4 is 23.4 Å². The lowest BCUT2D eigenvalue weighted by Gasteiger charge is -2.10. The van der Waals surface area contributed by atoms with Gasteiger partial charge in [-0.3, -0.25) is 0 Å². The minimum absolute atomic E-state index is 0.235. The first-order valence-electron chi connectivity index (χ1n) is 5.77. The van der Waals surface area contributed by atoms with E-state index in [-0.39, 0.29) is 6.04 Å². The molecule has 0 saturated carbocycles. The van der Waals surface area contributed by atoms with Gasteiger partial charge in [0.05, 0.1) is 22.4 Å². The van der Waals surface area contributed by atoms with Crippen molar-refractivity contribution in [1.29, 1.82) is 0 Å². The molecule has 0 amide bonds. The molecule has 0 aliphatic rings. The van der Waals surface area contributed by atoms with E-state index in [1.54, 1.807) is 24.2 Å². The van der Waals surface area contributed by atoms with Gasteiger partial charge in [0.15, 0.2) is 0 Å². The Morgan fingerprint density at radius 3 is 3.00 bits per heavy atom. The lowest BCUT2D eigenvalue weighted by molar-refractivity contribution is 0.438. The molecule has 96 valence electrons. The number of aromatic nitrogens is 1. The molecule has 0 aromatic carbocycles. The third kappa shape index (κ3) is 4.05. The number of pyridine rings is 1. The largest absolute Gasteiger partial charge is 0.468 e. The van der Waals surface area contributed by atoms with Gasteiger partial charge in [0.25, 0.3) is 0 Å². The lowest BCUT2D eigenvalue weighted by atomic mass is 10.2. The Morgan fingerprint density at radius 1 is 1.44 bits per heavy atom. The van der Waals surface area contributed by atoms with E-state index in [0.29, 0.717) is 5.02 Å². The van der Waals surface area contributed by atoms with Crippen LogP contribution in [0.5, 0.6) is 0 Å². The number of thioether (sulfide) groups is 1. The molecule has 3 nitrogen and oxygen atoms in total. The van der Waals surface area contributed by atoms with E-state index in [1.807, 2.05) is 24.3 Å². The molecule has 1 N–H and O–H groups in total. The van der Waals surface area contributed by atoms with E-state index in [4.69, 9.17) is 16.0 Å². The molecule has 0 saturated heterocycles. The van der Waals surface area contributed by atoms with Crippen LogP contribution in [0.4, 0.5) is 0 Å². The fraction of sp³-hybridized carbons (Fsp3) is 0.308. The highest BCUT2D eigenvalue weighted by molar-refractivity contribution is 7.99. The lowest BCUT2D eigenvalue weighted by Crippen LogP contribution is -2.20. The Balaban J connectivity index is 1.68. The topological polar surface area (TPSA) is 38.1 Å². The second-order valence-electron chi connectivity index (χ2n) is 3.85. The van der Waals surface area contributed by atoms with Crippen LogP contribution >= 0.6 is 23.4 Å². The number of nitrogens with one attached hydrogen (secondary N) is 1. The number of hydrogen-bond donors (Lipinski definition) is 1. The number of hydrogen-bond acceptors (Lipinski definition) is 4. The number of halogens is 1. The van der Waals surface area contributed by atoms with E-state index in [2.05, 4.69) is 17.2 Å². The van der Waals surface area contributed by atoms with Crippen molar-refractivity contribution in [3.8, 4) is 0 Å². The van der Waals surface area contributed by atoms with Crippen molar-refractivity contribution in [3.05, 3.63) is 47.5 Å². The Kier molecular flexibility index (Phi) is 5.11. The van der Waals surface area contributed by atoms with Gasteiger partial charge < -0.3 is 9.73 Å². The van der Waals surface area contributed by atoms with Gasteiger partial charge in [0.2, 0.25) is 0 Å². The molecule has 0 radical (unpaired) electrons. The molecule has 0 fully saturated rings. The molecule has 0 aliphatic carbocycles. The summed E-state index contributed by atoms with van der Waals surface area (Å²) >= 11 is 7.48. The maximum Gasteiger partial charge on any atom is 0.120 e. The third-order valence-corrected chi connectivity index (χ3v) is 3.64. The first-order chi connectivity index (χ1) is 8.75. The van der Waals surface area contributed by atoms with E-state index < -0.39 is 0 Å². The van der Waals surface area contributed by atoms with Crippen molar-refractivity contribution < 1.29 is 4.42 Å². The molecule has 2 aromatic rings. The van der Waals surface area contributed by atoms with Crippen molar-refractivity contribution in [2.45, 2.75) is 18.0 Å².